The van der Waals surface area contributed by atoms with E-state index >= 15 is 0 Å². The lowest BCUT2D eigenvalue weighted by atomic mass is 10.2. The maximum absolute atomic E-state index is 11.2. The molecule has 1 fully saturated rings. The fourth-order valence-electron chi connectivity index (χ4n) is 4.54. The number of rotatable bonds is 3. The number of ether oxygens (including phenoxy) is 3. The SMILES string of the molecule is C=C1CC(=O)O1.COc1cc(C)[nH]c(=O)c1CN.[C-]#[N+]c1c(Cl)cc(C)[nH]c1=O.[C-]#[N+]c1c(N)oc(C)cc1=O.[C-]#[N+]c1c(O)cc(C)[nH]c1=O.[C-]#[N+]c1c(OC)cc(C)[nH]c1=O. The molecular weight excluding hydrogens is 844 g/mol. The first kappa shape index (κ1) is 52.4. The summed E-state index contributed by atoms with van der Waals surface area (Å²) in [6.07, 6.45) is 0.417. The van der Waals surface area contributed by atoms with Crippen molar-refractivity contribution >= 4 is 46.2 Å². The van der Waals surface area contributed by atoms with E-state index in [9.17, 15) is 28.8 Å². The second-order valence-electron chi connectivity index (χ2n) is 12.3. The van der Waals surface area contributed by atoms with Crippen molar-refractivity contribution in [1.82, 2.24) is 19.9 Å². The third-order valence-corrected chi connectivity index (χ3v) is 7.60. The van der Waals surface area contributed by atoms with Gasteiger partial charge in [0, 0.05) is 35.4 Å². The van der Waals surface area contributed by atoms with Gasteiger partial charge in [-0.05, 0) is 58.9 Å². The number of pyridine rings is 4. The lowest BCUT2D eigenvalue weighted by molar-refractivity contribution is -0.148. The number of anilines is 1. The van der Waals surface area contributed by atoms with Crippen LogP contribution in [0.5, 0.6) is 17.2 Å². The highest BCUT2D eigenvalue weighted by molar-refractivity contribution is 6.33. The van der Waals surface area contributed by atoms with Gasteiger partial charge in [0.25, 0.3) is 45.0 Å². The van der Waals surface area contributed by atoms with Crippen molar-refractivity contribution in [2.24, 2.45) is 5.73 Å². The Hall–Kier alpha value is -8.63. The van der Waals surface area contributed by atoms with Gasteiger partial charge in [-0.1, -0.05) is 18.2 Å². The average molecular weight is 885 g/mol. The summed E-state index contributed by atoms with van der Waals surface area (Å²) in [4.78, 5) is 86.8. The molecule has 0 bridgehead atoms. The number of cyclic esters (lactones) is 1. The van der Waals surface area contributed by atoms with E-state index in [0.717, 1.165) is 5.69 Å². The van der Waals surface area contributed by atoms with E-state index in [2.05, 4.69) is 50.6 Å². The van der Waals surface area contributed by atoms with Crippen molar-refractivity contribution < 1.29 is 28.5 Å². The smallest absolute Gasteiger partial charge is 0.318 e. The summed E-state index contributed by atoms with van der Waals surface area (Å²) in [5, 5.41) is 9.25. The Bertz CT molecular complexity index is 2750. The molecule has 0 amide bonds. The summed E-state index contributed by atoms with van der Waals surface area (Å²) in [6, 6.07) is 7.51. The lowest BCUT2D eigenvalue weighted by Crippen LogP contribution is -2.18. The Morgan fingerprint density at radius 1 is 0.698 bits per heavy atom. The number of carbonyl (C=O) groups excluding carboxylic acids is 1. The predicted molar refractivity (Wildman–Crippen MR) is 234 cm³/mol. The number of nitrogens with two attached hydrogens (primary N) is 2. The fraction of sp³-hybridized carbons (Fsp3) is 0.220. The van der Waals surface area contributed by atoms with Gasteiger partial charge in [0.15, 0.2) is 11.3 Å². The summed E-state index contributed by atoms with van der Waals surface area (Å²) in [6.45, 7) is 38.5. The Morgan fingerprint density at radius 3 is 1.51 bits per heavy atom. The van der Waals surface area contributed by atoms with Gasteiger partial charge < -0.3 is 59.9 Å². The molecule has 0 radical (unpaired) electrons. The molecule has 1 saturated heterocycles. The van der Waals surface area contributed by atoms with Gasteiger partial charge in [-0.25, -0.2) is 19.4 Å². The second kappa shape index (κ2) is 25.1. The van der Waals surface area contributed by atoms with Crippen molar-refractivity contribution in [1.29, 1.82) is 0 Å². The highest BCUT2D eigenvalue weighted by Crippen LogP contribution is 2.23. The zero-order valence-electron chi connectivity index (χ0n) is 34.9. The Morgan fingerprint density at radius 2 is 1.13 bits per heavy atom. The van der Waals surface area contributed by atoms with Crippen LogP contribution in [-0.4, -0.2) is 45.2 Å². The van der Waals surface area contributed by atoms with E-state index in [-0.39, 0.29) is 62.9 Å². The summed E-state index contributed by atoms with van der Waals surface area (Å²) in [5.74, 6) is 1.34. The molecule has 5 aromatic rings. The summed E-state index contributed by atoms with van der Waals surface area (Å²) in [7, 11) is 2.95. The average Bonchev–Trinajstić information content (AvgIpc) is 3.17. The molecule has 6 heterocycles. The van der Waals surface area contributed by atoms with Crippen LogP contribution in [0.25, 0.3) is 19.4 Å². The maximum Gasteiger partial charge on any atom is 0.318 e. The number of nitrogens with one attached hydrogen (secondary N) is 4. The second-order valence-corrected chi connectivity index (χ2v) is 12.7. The monoisotopic (exact) mass is 884 g/mol. The number of esters is 1. The molecule has 0 atom stereocenters. The standard InChI is InChI=1S/C8H8N2O2.C8H12N2O2.C7H5ClN2O.2C7H6N2O2.C4H4O2/c1-5-4-6(12-3)7(9-2)8(11)10-5;1-5-3-7(12-2)6(4-9)8(11)10-5;1-4-3-5(8)6(9-2)7(11)10-4;1-4-3-5(10)6(9-2)7(8)11-4;1-4-3-5(10)6(8-2)7(11)9-4;1-3-2-4(5)6-3/h4H,1,3H3,(H,10,11);3H,4,9H2,1-2H3,(H,10,11);3H,1H3,(H,10,11);3H,8H2,1H3;3H,1H3,(H2,9,10,11);1-2H2. The van der Waals surface area contributed by atoms with E-state index in [4.69, 9.17) is 68.4 Å². The normalized spacial score (nSPS) is 10.2. The fourth-order valence-corrected chi connectivity index (χ4v) is 4.83. The van der Waals surface area contributed by atoms with Gasteiger partial charge in [0.1, 0.15) is 35.2 Å². The number of halogens is 1. The first-order valence-corrected chi connectivity index (χ1v) is 17.8. The molecule has 1 aliphatic rings. The molecule has 0 spiro atoms. The van der Waals surface area contributed by atoms with Crippen LogP contribution in [0.2, 0.25) is 5.02 Å². The first-order chi connectivity index (χ1) is 29.6. The zero-order valence-corrected chi connectivity index (χ0v) is 35.6. The van der Waals surface area contributed by atoms with Crippen LogP contribution in [-0.2, 0) is 16.1 Å². The number of methoxy groups -OCH3 is 2. The van der Waals surface area contributed by atoms with Crippen molar-refractivity contribution in [2.45, 2.75) is 47.6 Å². The zero-order chi connectivity index (χ0) is 48.1. The van der Waals surface area contributed by atoms with Crippen molar-refractivity contribution in [3.8, 4) is 17.2 Å². The number of hydrogen-bond acceptors (Lipinski definition) is 13. The number of nitrogens with zero attached hydrogens (tertiary/aromatic N) is 4. The topological polar surface area (TPSA) is 296 Å². The third-order valence-electron chi connectivity index (χ3n) is 7.32. The minimum absolute atomic E-state index is 0.00287. The maximum atomic E-state index is 11.2. The highest BCUT2D eigenvalue weighted by Gasteiger charge is 2.18. The van der Waals surface area contributed by atoms with E-state index < -0.39 is 16.7 Å². The molecule has 21 nitrogen and oxygen atoms in total. The number of aryl methyl sites for hydroxylation is 5. The molecule has 9 N–H and O–H groups in total. The van der Waals surface area contributed by atoms with E-state index in [0.29, 0.717) is 52.1 Å². The van der Waals surface area contributed by atoms with E-state index in [1.807, 2.05) is 0 Å². The van der Waals surface area contributed by atoms with Crippen LogP contribution >= 0.6 is 11.6 Å². The van der Waals surface area contributed by atoms with Crippen molar-refractivity contribution in [3.63, 3.8) is 0 Å². The van der Waals surface area contributed by atoms with Gasteiger partial charge in [-0.15, -0.1) is 0 Å². The minimum atomic E-state index is -0.544. The van der Waals surface area contributed by atoms with Crippen LogP contribution in [0.4, 0.5) is 28.6 Å². The molecular formula is C41H41ClN10O11. The molecule has 63 heavy (non-hydrogen) atoms. The Kier molecular flexibility index (Phi) is 20.9. The molecule has 1 aliphatic heterocycles. The minimum Gasteiger partial charge on any atom is -0.519 e. The van der Waals surface area contributed by atoms with Crippen LogP contribution in [0.3, 0.4) is 0 Å². The predicted octanol–water partition coefficient (Wildman–Crippen LogP) is 5.75. The number of aromatic amines is 4. The molecule has 6 rings (SSSR count). The summed E-state index contributed by atoms with van der Waals surface area (Å²) >= 11 is 5.60. The van der Waals surface area contributed by atoms with Gasteiger partial charge in [0.2, 0.25) is 0 Å². The molecule has 0 aliphatic carbocycles. The van der Waals surface area contributed by atoms with Crippen LogP contribution in [0.1, 0.15) is 40.5 Å². The quantitative estimate of drug-likeness (QED) is 0.0840. The first-order valence-electron chi connectivity index (χ1n) is 17.5. The van der Waals surface area contributed by atoms with Gasteiger partial charge in [-0.2, -0.15) is 0 Å². The van der Waals surface area contributed by atoms with Gasteiger partial charge in [-0.3, -0.25) is 24.0 Å². The molecule has 328 valence electrons. The third kappa shape index (κ3) is 16.2. The summed E-state index contributed by atoms with van der Waals surface area (Å²) in [5.41, 5.74) is 11.4. The molecule has 0 aromatic carbocycles. The van der Waals surface area contributed by atoms with Crippen LogP contribution in [0.15, 0.2) is 71.1 Å². The number of nitrogen functional groups attached to an aromatic ring is 1. The number of H-pyrrole nitrogens is 4. The Balaban J connectivity index is 0.000000381. The van der Waals surface area contributed by atoms with E-state index in [1.165, 1.54) is 26.4 Å². The van der Waals surface area contributed by atoms with Crippen LogP contribution < -0.4 is 48.6 Å². The number of aromatic hydroxyl groups is 1. The van der Waals surface area contributed by atoms with Gasteiger partial charge in [0.05, 0.1) is 51.1 Å². The molecule has 0 unspecified atom stereocenters. The number of carbonyl (C=O) groups is 1. The molecule has 0 saturated carbocycles. The lowest BCUT2D eigenvalue weighted by Gasteiger charge is -2.12. The number of aromatic nitrogens is 4. The van der Waals surface area contributed by atoms with Crippen LogP contribution in [0, 0.1) is 60.9 Å². The van der Waals surface area contributed by atoms with Crippen molar-refractivity contribution in [3.05, 3.63) is 179 Å². The molecule has 5 aromatic heterocycles. The number of hydrogen-bond donors (Lipinski definition) is 7. The van der Waals surface area contributed by atoms with Gasteiger partial charge >= 0.3 is 5.97 Å². The molecule has 22 heteroatoms. The highest BCUT2D eigenvalue weighted by atomic mass is 35.5. The van der Waals surface area contributed by atoms with E-state index in [1.54, 1.807) is 52.8 Å². The van der Waals surface area contributed by atoms with Crippen molar-refractivity contribution in [2.75, 3.05) is 20.0 Å². The Labute approximate surface area is 363 Å². The largest absolute Gasteiger partial charge is 0.519 e. The summed E-state index contributed by atoms with van der Waals surface area (Å²) < 4.78 is 19.0.